The lowest BCUT2D eigenvalue weighted by Crippen LogP contribution is -2.37. The van der Waals surface area contributed by atoms with Gasteiger partial charge in [-0.05, 0) is 57.0 Å². The fraction of sp³-hybridized carbons (Fsp3) is 0.619. The maximum atomic E-state index is 5.88. The molecule has 1 saturated heterocycles. The molecule has 1 aliphatic carbocycles. The number of rotatable bonds is 7. The third-order valence-electron chi connectivity index (χ3n) is 6.03. The van der Waals surface area contributed by atoms with Gasteiger partial charge >= 0.3 is 0 Å². The van der Waals surface area contributed by atoms with Gasteiger partial charge in [0.05, 0.1) is 30.3 Å². The zero-order valence-electron chi connectivity index (χ0n) is 17.1. The van der Waals surface area contributed by atoms with Crippen molar-refractivity contribution in [1.82, 2.24) is 24.8 Å². The molecule has 0 bridgehead atoms. The lowest BCUT2D eigenvalue weighted by atomic mass is 9.77. The molecule has 0 spiro atoms. The monoisotopic (exact) mass is 385 g/mol. The van der Waals surface area contributed by atoms with Crippen molar-refractivity contribution in [2.45, 2.75) is 31.5 Å². The van der Waals surface area contributed by atoms with Gasteiger partial charge in [0, 0.05) is 33.3 Å². The largest absolute Gasteiger partial charge is 0.465 e. The first-order valence-electron chi connectivity index (χ1n) is 10.1. The number of likely N-dealkylation sites (tertiary alicyclic amines) is 1. The minimum atomic E-state index is 0.203. The van der Waals surface area contributed by atoms with Gasteiger partial charge < -0.3 is 14.1 Å². The highest BCUT2D eigenvalue weighted by Crippen LogP contribution is 2.42. The Hall–Kier alpha value is -1.96. The number of furan rings is 1. The zero-order chi connectivity index (χ0) is 19.5. The van der Waals surface area contributed by atoms with Gasteiger partial charge in [0.2, 0.25) is 0 Å². The SMILES string of the molecule is CO[C@@H]1C[C@H]2CN(C/C=C/c3ccco3)C[C@H]2C[C@H]1n1cc(CN(C)C)nn1. The first-order valence-corrected chi connectivity index (χ1v) is 10.1. The first-order chi connectivity index (χ1) is 13.6. The van der Waals surface area contributed by atoms with Crippen molar-refractivity contribution in [1.29, 1.82) is 0 Å². The average molecular weight is 386 g/mol. The van der Waals surface area contributed by atoms with Crippen LogP contribution in [0.3, 0.4) is 0 Å². The average Bonchev–Trinajstić information content (AvgIpc) is 3.40. The number of hydrogen-bond donors (Lipinski definition) is 0. The molecule has 1 aliphatic heterocycles. The molecule has 0 radical (unpaired) electrons. The van der Waals surface area contributed by atoms with Crippen LogP contribution >= 0.6 is 0 Å². The Bertz CT molecular complexity index is 770. The second-order valence-corrected chi connectivity index (χ2v) is 8.40. The molecule has 7 heteroatoms. The Labute approximate surface area is 166 Å². The molecule has 3 heterocycles. The molecular formula is C21H31N5O2. The first kappa shape index (κ1) is 19.4. The maximum absolute atomic E-state index is 5.88. The van der Waals surface area contributed by atoms with E-state index in [0.29, 0.717) is 11.8 Å². The van der Waals surface area contributed by atoms with Crippen molar-refractivity contribution in [3.63, 3.8) is 0 Å². The van der Waals surface area contributed by atoms with Crippen LogP contribution < -0.4 is 0 Å². The summed E-state index contributed by atoms with van der Waals surface area (Å²) in [5.74, 6) is 2.30. The summed E-state index contributed by atoms with van der Waals surface area (Å²) in [6.07, 6.45) is 10.5. The van der Waals surface area contributed by atoms with Gasteiger partial charge in [-0.15, -0.1) is 5.10 Å². The second-order valence-electron chi connectivity index (χ2n) is 8.40. The van der Waals surface area contributed by atoms with E-state index >= 15 is 0 Å². The molecule has 2 fully saturated rings. The number of aromatic nitrogens is 3. The topological polar surface area (TPSA) is 59.6 Å². The zero-order valence-corrected chi connectivity index (χ0v) is 17.1. The lowest BCUT2D eigenvalue weighted by Gasteiger charge is -2.37. The van der Waals surface area contributed by atoms with Crippen molar-refractivity contribution >= 4 is 6.08 Å². The quantitative estimate of drug-likeness (QED) is 0.730. The summed E-state index contributed by atoms with van der Waals surface area (Å²) in [4.78, 5) is 4.66. The van der Waals surface area contributed by atoms with Crippen LogP contribution in [0.15, 0.2) is 35.1 Å². The molecule has 7 nitrogen and oxygen atoms in total. The Morgan fingerprint density at radius 2 is 2.11 bits per heavy atom. The van der Waals surface area contributed by atoms with Crippen LogP contribution in [0.1, 0.15) is 30.3 Å². The number of fused-ring (bicyclic) bond motifs is 1. The van der Waals surface area contributed by atoms with Gasteiger partial charge in [0.1, 0.15) is 5.76 Å². The van der Waals surface area contributed by atoms with E-state index < -0.39 is 0 Å². The molecule has 152 valence electrons. The molecule has 0 unspecified atom stereocenters. The minimum Gasteiger partial charge on any atom is -0.465 e. The van der Waals surface area contributed by atoms with Crippen LogP contribution in [0.5, 0.6) is 0 Å². The fourth-order valence-corrected chi connectivity index (χ4v) is 4.74. The van der Waals surface area contributed by atoms with Crippen LogP contribution in [0.25, 0.3) is 6.08 Å². The van der Waals surface area contributed by atoms with Gasteiger partial charge in [-0.2, -0.15) is 0 Å². The van der Waals surface area contributed by atoms with Crippen molar-refractivity contribution < 1.29 is 9.15 Å². The van der Waals surface area contributed by atoms with E-state index in [0.717, 1.165) is 50.5 Å². The van der Waals surface area contributed by atoms with Crippen molar-refractivity contribution in [3.05, 3.63) is 42.1 Å². The molecule has 2 aromatic heterocycles. The van der Waals surface area contributed by atoms with Gasteiger partial charge in [-0.1, -0.05) is 11.3 Å². The summed E-state index contributed by atoms with van der Waals surface area (Å²) in [6.45, 7) is 4.06. The van der Waals surface area contributed by atoms with Crippen LogP contribution in [0, 0.1) is 11.8 Å². The molecule has 0 aromatic carbocycles. The van der Waals surface area contributed by atoms with E-state index in [-0.39, 0.29) is 12.1 Å². The van der Waals surface area contributed by atoms with Crippen molar-refractivity contribution in [2.24, 2.45) is 11.8 Å². The van der Waals surface area contributed by atoms with Crippen LogP contribution in [-0.4, -0.2) is 71.7 Å². The second kappa shape index (κ2) is 8.59. The van der Waals surface area contributed by atoms with Crippen LogP contribution in [0.4, 0.5) is 0 Å². The number of methoxy groups -OCH3 is 1. The molecule has 0 amide bonds. The summed E-state index contributed by atoms with van der Waals surface area (Å²) in [7, 11) is 5.93. The Kier molecular flexibility index (Phi) is 5.94. The Morgan fingerprint density at radius 1 is 1.29 bits per heavy atom. The predicted octanol–water partition coefficient (Wildman–Crippen LogP) is 2.54. The third kappa shape index (κ3) is 4.37. The van der Waals surface area contributed by atoms with E-state index in [2.05, 4.69) is 52.6 Å². The van der Waals surface area contributed by atoms with Gasteiger partial charge in [0.25, 0.3) is 0 Å². The maximum Gasteiger partial charge on any atom is 0.126 e. The lowest BCUT2D eigenvalue weighted by molar-refractivity contribution is -0.00546. The van der Waals surface area contributed by atoms with E-state index in [4.69, 9.17) is 9.15 Å². The minimum absolute atomic E-state index is 0.203. The highest BCUT2D eigenvalue weighted by molar-refractivity contribution is 5.42. The Balaban J connectivity index is 1.38. The fourth-order valence-electron chi connectivity index (χ4n) is 4.74. The van der Waals surface area contributed by atoms with Crippen molar-refractivity contribution in [2.75, 3.05) is 40.8 Å². The Morgan fingerprint density at radius 3 is 2.82 bits per heavy atom. The van der Waals surface area contributed by atoms with E-state index in [9.17, 15) is 0 Å². The summed E-state index contributed by atoms with van der Waals surface area (Å²) >= 11 is 0. The standard InChI is InChI=1S/C21H31N5O2/c1-24(2)14-18-15-26(23-22-18)20-10-16-12-25(13-17(16)11-21(20)27-3)8-4-6-19-7-5-9-28-19/h4-7,9,15-17,20-21H,8,10-14H2,1-3H3/b6-4+/t16-,17+,20-,21-/m1/s1. The van der Waals surface area contributed by atoms with Crippen molar-refractivity contribution in [3.8, 4) is 0 Å². The smallest absolute Gasteiger partial charge is 0.126 e. The van der Waals surface area contributed by atoms with Gasteiger partial charge in [-0.3, -0.25) is 4.90 Å². The highest BCUT2D eigenvalue weighted by atomic mass is 16.5. The van der Waals surface area contributed by atoms with Crippen LogP contribution in [0.2, 0.25) is 0 Å². The molecule has 1 saturated carbocycles. The molecule has 4 atom stereocenters. The van der Waals surface area contributed by atoms with E-state index in [1.807, 2.05) is 23.9 Å². The van der Waals surface area contributed by atoms with E-state index in [1.54, 1.807) is 6.26 Å². The highest BCUT2D eigenvalue weighted by Gasteiger charge is 2.43. The summed E-state index contributed by atoms with van der Waals surface area (Å²) in [5, 5.41) is 8.78. The molecular weight excluding hydrogens is 354 g/mol. The normalized spacial score (nSPS) is 28.4. The number of hydrogen-bond acceptors (Lipinski definition) is 6. The summed E-state index contributed by atoms with van der Waals surface area (Å²) < 4.78 is 13.3. The van der Waals surface area contributed by atoms with Crippen LogP contribution in [-0.2, 0) is 11.3 Å². The number of nitrogens with zero attached hydrogens (tertiary/aromatic N) is 5. The molecule has 28 heavy (non-hydrogen) atoms. The molecule has 4 rings (SSSR count). The molecule has 2 aliphatic rings. The number of ether oxygens (including phenoxy) is 1. The van der Waals surface area contributed by atoms with Gasteiger partial charge in [0.15, 0.2) is 0 Å². The van der Waals surface area contributed by atoms with E-state index in [1.165, 1.54) is 0 Å². The summed E-state index contributed by atoms with van der Waals surface area (Å²) in [5.41, 5.74) is 1.01. The molecule has 0 N–H and O–H groups in total. The predicted molar refractivity (Wildman–Crippen MR) is 108 cm³/mol. The summed E-state index contributed by atoms with van der Waals surface area (Å²) in [6, 6.07) is 4.17. The van der Waals surface area contributed by atoms with Gasteiger partial charge in [-0.25, -0.2) is 4.68 Å². The molecule has 2 aromatic rings. The third-order valence-corrected chi connectivity index (χ3v) is 6.03.